The summed E-state index contributed by atoms with van der Waals surface area (Å²) in [6, 6.07) is 14.8. The van der Waals surface area contributed by atoms with E-state index in [0.29, 0.717) is 11.3 Å². The van der Waals surface area contributed by atoms with Crippen molar-refractivity contribution in [1.82, 2.24) is 4.90 Å². The highest BCUT2D eigenvalue weighted by Crippen LogP contribution is 2.21. The molecule has 0 unspecified atom stereocenters. The van der Waals surface area contributed by atoms with E-state index in [1.165, 1.54) is 12.8 Å². The molecule has 1 aliphatic rings. The lowest BCUT2D eigenvalue weighted by atomic mass is 10.1. The van der Waals surface area contributed by atoms with Gasteiger partial charge in [-0.2, -0.15) is 0 Å². The standard InChI is InChI=1S/C21H24BrN3O2/c22-18-10-3-4-11-19(18)23-15-20(26)24-17-9-7-8-16(14-17)21(27)25-12-5-1-2-6-13-25/h3-4,7-11,14,23H,1-2,5-6,12-13,15H2,(H,24,26). The van der Waals surface area contributed by atoms with Crippen LogP contribution < -0.4 is 10.6 Å². The molecule has 0 spiro atoms. The Bertz CT molecular complexity index is 802. The highest BCUT2D eigenvalue weighted by atomic mass is 79.9. The average molecular weight is 430 g/mol. The van der Waals surface area contributed by atoms with Gasteiger partial charge in [0.05, 0.1) is 6.54 Å². The number of amides is 2. The van der Waals surface area contributed by atoms with Gasteiger partial charge in [0, 0.05) is 34.5 Å². The predicted octanol–water partition coefficient (Wildman–Crippen LogP) is 4.52. The molecule has 1 heterocycles. The summed E-state index contributed by atoms with van der Waals surface area (Å²) in [5.41, 5.74) is 2.11. The molecule has 1 saturated heterocycles. The van der Waals surface area contributed by atoms with Gasteiger partial charge in [-0.15, -0.1) is 0 Å². The number of halogens is 1. The van der Waals surface area contributed by atoms with Gasteiger partial charge < -0.3 is 15.5 Å². The van der Waals surface area contributed by atoms with Crippen molar-refractivity contribution < 1.29 is 9.59 Å². The number of rotatable bonds is 5. The van der Waals surface area contributed by atoms with Crippen LogP contribution in [-0.2, 0) is 4.79 Å². The molecule has 2 aromatic carbocycles. The lowest BCUT2D eigenvalue weighted by Crippen LogP contribution is -2.31. The second-order valence-corrected chi connectivity index (χ2v) is 7.52. The summed E-state index contributed by atoms with van der Waals surface area (Å²) in [7, 11) is 0. The van der Waals surface area contributed by atoms with Crippen molar-refractivity contribution >= 4 is 39.1 Å². The summed E-state index contributed by atoms with van der Waals surface area (Å²) < 4.78 is 0.905. The van der Waals surface area contributed by atoms with Gasteiger partial charge >= 0.3 is 0 Å². The number of hydrogen-bond acceptors (Lipinski definition) is 3. The molecular weight excluding hydrogens is 406 g/mol. The Hall–Kier alpha value is -2.34. The van der Waals surface area contributed by atoms with Crippen molar-refractivity contribution in [2.45, 2.75) is 25.7 Å². The smallest absolute Gasteiger partial charge is 0.253 e. The molecule has 2 amide bonds. The number of nitrogens with zero attached hydrogens (tertiary/aromatic N) is 1. The number of hydrogen-bond donors (Lipinski definition) is 2. The number of nitrogens with one attached hydrogen (secondary N) is 2. The zero-order valence-electron chi connectivity index (χ0n) is 15.2. The van der Waals surface area contributed by atoms with E-state index >= 15 is 0 Å². The molecule has 5 nitrogen and oxygen atoms in total. The van der Waals surface area contributed by atoms with E-state index in [0.717, 1.165) is 36.1 Å². The molecule has 3 rings (SSSR count). The zero-order chi connectivity index (χ0) is 19.1. The van der Waals surface area contributed by atoms with Gasteiger partial charge in [-0.05, 0) is 59.1 Å². The van der Waals surface area contributed by atoms with Crippen molar-refractivity contribution in [3.8, 4) is 0 Å². The van der Waals surface area contributed by atoms with Crippen LogP contribution in [0.2, 0.25) is 0 Å². The molecule has 1 fully saturated rings. The van der Waals surface area contributed by atoms with E-state index in [-0.39, 0.29) is 18.4 Å². The first-order chi connectivity index (χ1) is 13.1. The summed E-state index contributed by atoms with van der Waals surface area (Å²) in [5, 5.41) is 5.95. The van der Waals surface area contributed by atoms with Crippen molar-refractivity contribution in [2.75, 3.05) is 30.3 Å². The van der Waals surface area contributed by atoms with Crippen LogP contribution in [0.1, 0.15) is 36.0 Å². The molecule has 0 aromatic heterocycles. The normalized spacial score (nSPS) is 14.3. The lowest BCUT2D eigenvalue weighted by Gasteiger charge is -2.20. The fourth-order valence-corrected chi connectivity index (χ4v) is 3.60. The topological polar surface area (TPSA) is 61.4 Å². The van der Waals surface area contributed by atoms with Crippen LogP contribution in [-0.4, -0.2) is 36.3 Å². The minimum Gasteiger partial charge on any atom is -0.375 e. The van der Waals surface area contributed by atoms with Crippen LogP contribution >= 0.6 is 15.9 Å². The van der Waals surface area contributed by atoms with Crippen molar-refractivity contribution in [2.24, 2.45) is 0 Å². The minimum atomic E-state index is -0.162. The third-order valence-corrected chi connectivity index (χ3v) is 5.29. The Morgan fingerprint density at radius 2 is 1.70 bits per heavy atom. The summed E-state index contributed by atoms with van der Waals surface area (Å²) in [5.74, 6) is -0.121. The maximum absolute atomic E-state index is 12.7. The van der Waals surface area contributed by atoms with E-state index in [4.69, 9.17) is 0 Å². The number of carbonyl (C=O) groups is 2. The van der Waals surface area contributed by atoms with Gasteiger partial charge in [0.15, 0.2) is 0 Å². The van der Waals surface area contributed by atoms with E-state index in [9.17, 15) is 9.59 Å². The molecule has 27 heavy (non-hydrogen) atoms. The van der Waals surface area contributed by atoms with Gasteiger partial charge in [0.2, 0.25) is 5.91 Å². The van der Waals surface area contributed by atoms with Crippen LogP contribution in [0.15, 0.2) is 53.0 Å². The fraction of sp³-hybridized carbons (Fsp3) is 0.333. The maximum Gasteiger partial charge on any atom is 0.253 e. The molecule has 0 radical (unpaired) electrons. The van der Waals surface area contributed by atoms with Gasteiger partial charge in [0.1, 0.15) is 0 Å². The molecule has 6 heteroatoms. The fourth-order valence-electron chi connectivity index (χ4n) is 3.17. The predicted molar refractivity (Wildman–Crippen MR) is 112 cm³/mol. The Morgan fingerprint density at radius 1 is 0.963 bits per heavy atom. The van der Waals surface area contributed by atoms with Crippen molar-refractivity contribution in [3.63, 3.8) is 0 Å². The Morgan fingerprint density at radius 3 is 2.44 bits per heavy atom. The molecule has 2 aromatic rings. The summed E-state index contributed by atoms with van der Waals surface area (Å²) in [6.45, 7) is 1.77. The van der Waals surface area contributed by atoms with Gasteiger partial charge in [0.25, 0.3) is 5.91 Å². The number of benzene rings is 2. The molecule has 2 N–H and O–H groups in total. The molecule has 0 saturated carbocycles. The SMILES string of the molecule is O=C(CNc1ccccc1Br)Nc1cccc(C(=O)N2CCCCCC2)c1. The third kappa shape index (κ3) is 5.57. The second kappa shape index (κ2) is 9.55. The minimum absolute atomic E-state index is 0.0411. The Labute approximate surface area is 168 Å². The van der Waals surface area contributed by atoms with Gasteiger partial charge in [-0.25, -0.2) is 0 Å². The molecule has 0 bridgehead atoms. The average Bonchev–Trinajstić information content (AvgIpc) is 2.96. The Kier molecular flexibility index (Phi) is 6.87. The molecule has 1 aliphatic heterocycles. The maximum atomic E-state index is 12.7. The third-order valence-electron chi connectivity index (χ3n) is 4.60. The number of likely N-dealkylation sites (tertiary alicyclic amines) is 1. The van der Waals surface area contributed by atoms with Crippen LogP contribution in [0.4, 0.5) is 11.4 Å². The first kappa shape index (κ1) is 19.4. The first-order valence-corrected chi connectivity index (χ1v) is 10.1. The highest BCUT2D eigenvalue weighted by Gasteiger charge is 2.17. The monoisotopic (exact) mass is 429 g/mol. The van der Waals surface area contributed by atoms with Gasteiger partial charge in [-0.3, -0.25) is 9.59 Å². The summed E-state index contributed by atoms with van der Waals surface area (Å²) in [6.07, 6.45) is 4.49. The largest absolute Gasteiger partial charge is 0.375 e. The van der Waals surface area contributed by atoms with Crippen molar-refractivity contribution in [1.29, 1.82) is 0 Å². The number of anilines is 2. The van der Waals surface area contributed by atoms with E-state index in [1.807, 2.05) is 41.3 Å². The number of carbonyl (C=O) groups excluding carboxylic acids is 2. The van der Waals surface area contributed by atoms with Crippen LogP contribution in [0, 0.1) is 0 Å². The molecule has 142 valence electrons. The van der Waals surface area contributed by atoms with Crippen LogP contribution in [0.25, 0.3) is 0 Å². The quantitative estimate of drug-likeness (QED) is 0.734. The second-order valence-electron chi connectivity index (χ2n) is 6.67. The lowest BCUT2D eigenvalue weighted by molar-refractivity contribution is -0.114. The van der Waals surface area contributed by atoms with Crippen LogP contribution in [0.3, 0.4) is 0 Å². The van der Waals surface area contributed by atoms with Crippen LogP contribution in [0.5, 0.6) is 0 Å². The van der Waals surface area contributed by atoms with Gasteiger partial charge in [-0.1, -0.05) is 31.0 Å². The summed E-state index contributed by atoms with van der Waals surface area (Å²) in [4.78, 5) is 26.9. The van der Waals surface area contributed by atoms with E-state index < -0.39 is 0 Å². The Balaban J connectivity index is 1.59. The summed E-state index contributed by atoms with van der Waals surface area (Å²) >= 11 is 3.45. The highest BCUT2D eigenvalue weighted by molar-refractivity contribution is 9.10. The van der Waals surface area contributed by atoms with E-state index in [1.54, 1.807) is 12.1 Å². The first-order valence-electron chi connectivity index (χ1n) is 9.31. The van der Waals surface area contributed by atoms with E-state index in [2.05, 4.69) is 26.6 Å². The molecule has 0 atom stereocenters. The molecular formula is C21H24BrN3O2. The van der Waals surface area contributed by atoms with Crippen molar-refractivity contribution in [3.05, 3.63) is 58.6 Å². The zero-order valence-corrected chi connectivity index (χ0v) is 16.8. The molecule has 0 aliphatic carbocycles. The number of para-hydroxylation sites is 1.